The van der Waals surface area contributed by atoms with E-state index in [0.29, 0.717) is 16.6 Å². The van der Waals surface area contributed by atoms with Crippen LogP contribution >= 0.6 is 11.8 Å². The van der Waals surface area contributed by atoms with Gasteiger partial charge in [0.05, 0.1) is 11.5 Å². The number of phenols is 1. The highest BCUT2D eigenvalue weighted by Crippen LogP contribution is 2.33. The van der Waals surface area contributed by atoms with E-state index in [1.54, 1.807) is 0 Å². The van der Waals surface area contributed by atoms with E-state index in [2.05, 4.69) is 4.99 Å². The SMILES string of the molecule is O=C1N=C(N2CCCCN2CCO)S/C1=C\c1cc(F)ccc1O. The van der Waals surface area contributed by atoms with E-state index in [9.17, 15) is 19.4 Å². The maximum Gasteiger partial charge on any atom is 0.286 e. The molecule has 0 saturated carbocycles. The van der Waals surface area contributed by atoms with Crippen LogP contribution in [0.25, 0.3) is 6.08 Å². The van der Waals surface area contributed by atoms with Crippen molar-refractivity contribution in [1.82, 2.24) is 10.0 Å². The molecule has 2 aliphatic heterocycles. The minimum absolute atomic E-state index is 0.0300. The number of rotatable bonds is 3. The summed E-state index contributed by atoms with van der Waals surface area (Å²) in [7, 11) is 0. The van der Waals surface area contributed by atoms with Crippen LogP contribution in [0.4, 0.5) is 4.39 Å². The Morgan fingerprint density at radius 2 is 2.12 bits per heavy atom. The Morgan fingerprint density at radius 1 is 1.33 bits per heavy atom. The molecule has 3 rings (SSSR count). The van der Waals surface area contributed by atoms with Crippen molar-refractivity contribution in [2.45, 2.75) is 12.8 Å². The molecule has 0 aliphatic carbocycles. The average molecular weight is 351 g/mol. The Kier molecular flexibility index (Phi) is 5.17. The highest BCUT2D eigenvalue weighted by molar-refractivity contribution is 8.18. The van der Waals surface area contributed by atoms with Gasteiger partial charge in [0.1, 0.15) is 11.6 Å². The molecular formula is C16H18FN3O3S. The molecule has 2 N–H and O–H groups in total. The number of phenolic OH excluding ortho intramolecular Hbond substituents is 1. The Bertz CT molecular complexity index is 706. The first-order chi connectivity index (χ1) is 11.6. The van der Waals surface area contributed by atoms with Gasteiger partial charge in [0.15, 0.2) is 5.17 Å². The second-order valence-electron chi connectivity index (χ2n) is 5.52. The molecule has 0 unspecified atom stereocenters. The van der Waals surface area contributed by atoms with Gasteiger partial charge in [-0.05, 0) is 48.9 Å². The van der Waals surface area contributed by atoms with Gasteiger partial charge >= 0.3 is 0 Å². The van der Waals surface area contributed by atoms with Crippen LogP contribution in [0.3, 0.4) is 0 Å². The number of aliphatic hydroxyl groups is 1. The number of hydrazine groups is 1. The molecule has 8 heteroatoms. The summed E-state index contributed by atoms with van der Waals surface area (Å²) in [5.74, 6) is -0.986. The van der Waals surface area contributed by atoms with Crippen LogP contribution in [0.15, 0.2) is 28.1 Å². The van der Waals surface area contributed by atoms with Crippen molar-refractivity contribution < 1.29 is 19.4 Å². The lowest BCUT2D eigenvalue weighted by molar-refractivity contribution is -0.113. The Hall–Kier alpha value is -1.90. The number of halogens is 1. The van der Waals surface area contributed by atoms with Crippen LogP contribution in [0, 0.1) is 5.82 Å². The van der Waals surface area contributed by atoms with Gasteiger partial charge in [-0.1, -0.05) is 0 Å². The molecular weight excluding hydrogens is 333 g/mol. The average Bonchev–Trinajstić information content (AvgIpc) is 2.92. The molecule has 2 aliphatic rings. The summed E-state index contributed by atoms with van der Waals surface area (Å²) < 4.78 is 13.3. The van der Waals surface area contributed by atoms with Crippen LogP contribution in [0.5, 0.6) is 5.75 Å². The van der Waals surface area contributed by atoms with Crippen LogP contribution in [0.1, 0.15) is 18.4 Å². The zero-order valence-electron chi connectivity index (χ0n) is 13.0. The summed E-state index contributed by atoms with van der Waals surface area (Å²) in [5.41, 5.74) is 0.244. The quantitative estimate of drug-likeness (QED) is 0.809. The molecule has 128 valence electrons. The summed E-state index contributed by atoms with van der Waals surface area (Å²) >= 11 is 1.19. The highest BCUT2D eigenvalue weighted by atomic mass is 32.2. The van der Waals surface area contributed by atoms with Crippen molar-refractivity contribution in [3.05, 3.63) is 34.5 Å². The molecule has 1 amide bonds. The third-order valence-corrected chi connectivity index (χ3v) is 4.84. The second-order valence-corrected chi connectivity index (χ2v) is 6.53. The summed E-state index contributed by atoms with van der Waals surface area (Å²) in [4.78, 5) is 16.6. The van der Waals surface area contributed by atoms with Gasteiger partial charge in [-0.3, -0.25) is 9.80 Å². The van der Waals surface area contributed by atoms with Crippen molar-refractivity contribution in [2.75, 3.05) is 26.2 Å². The normalized spacial score (nSPS) is 20.8. The lowest BCUT2D eigenvalue weighted by Gasteiger charge is -2.38. The molecule has 1 aromatic rings. The Balaban J connectivity index is 1.80. The molecule has 1 aromatic carbocycles. The number of benzene rings is 1. The molecule has 0 aromatic heterocycles. The molecule has 24 heavy (non-hydrogen) atoms. The van der Waals surface area contributed by atoms with E-state index >= 15 is 0 Å². The number of thioether (sulfide) groups is 1. The molecule has 2 heterocycles. The molecule has 0 spiro atoms. The first-order valence-corrected chi connectivity index (χ1v) is 8.54. The van der Waals surface area contributed by atoms with Gasteiger partial charge < -0.3 is 10.2 Å². The first kappa shape index (κ1) is 16.9. The minimum Gasteiger partial charge on any atom is -0.507 e. The van der Waals surface area contributed by atoms with Crippen molar-refractivity contribution in [1.29, 1.82) is 0 Å². The Morgan fingerprint density at radius 3 is 2.92 bits per heavy atom. The largest absolute Gasteiger partial charge is 0.507 e. The zero-order chi connectivity index (χ0) is 17.1. The Labute approximate surface area is 143 Å². The number of aliphatic hydroxyl groups excluding tert-OH is 1. The maximum atomic E-state index is 13.3. The number of β-amino-alcohol motifs (C(OH)–C–C–N with tert-alkyl or cyclic N) is 1. The fourth-order valence-corrected chi connectivity index (χ4v) is 3.63. The first-order valence-electron chi connectivity index (χ1n) is 7.73. The topological polar surface area (TPSA) is 76.4 Å². The monoisotopic (exact) mass is 351 g/mol. The second kappa shape index (κ2) is 7.33. The third-order valence-electron chi connectivity index (χ3n) is 3.84. The van der Waals surface area contributed by atoms with Gasteiger partial charge in [0, 0.05) is 25.2 Å². The van der Waals surface area contributed by atoms with Gasteiger partial charge in [-0.15, -0.1) is 0 Å². The number of amides is 1. The third kappa shape index (κ3) is 3.61. The van der Waals surface area contributed by atoms with E-state index < -0.39 is 11.7 Å². The number of nitrogens with zero attached hydrogens (tertiary/aromatic N) is 3. The van der Waals surface area contributed by atoms with Crippen LogP contribution < -0.4 is 0 Å². The lowest BCUT2D eigenvalue weighted by atomic mass is 10.2. The molecule has 0 atom stereocenters. The number of carbonyl (C=O) groups excluding carboxylic acids is 1. The summed E-state index contributed by atoms with van der Waals surface area (Å²) in [6, 6.07) is 3.58. The standard InChI is InChI=1S/C16H18FN3O3S/c17-12-3-4-13(22)11(9-12)10-14-15(23)18-16(24-14)20-6-2-1-5-19(20)7-8-21/h3-4,9-10,21-22H,1-2,5-8H2/b14-10-. The van der Waals surface area contributed by atoms with Gasteiger partial charge in [0.25, 0.3) is 5.91 Å². The summed E-state index contributed by atoms with van der Waals surface area (Å²) in [6.07, 6.45) is 3.46. The van der Waals surface area contributed by atoms with Gasteiger partial charge in [0.2, 0.25) is 0 Å². The number of aromatic hydroxyl groups is 1. The van der Waals surface area contributed by atoms with Crippen molar-refractivity contribution in [3.8, 4) is 5.75 Å². The predicted octanol–water partition coefficient (Wildman–Crippen LogP) is 1.81. The van der Waals surface area contributed by atoms with E-state index in [-0.39, 0.29) is 17.9 Å². The number of aliphatic imine (C=N–C) groups is 1. The van der Waals surface area contributed by atoms with Crippen molar-refractivity contribution in [2.24, 2.45) is 4.99 Å². The van der Waals surface area contributed by atoms with E-state index in [1.165, 1.54) is 30.0 Å². The summed E-state index contributed by atoms with van der Waals surface area (Å²) in [5, 5.41) is 23.4. The van der Waals surface area contributed by atoms with Crippen LogP contribution in [0.2, 0.25) is 0 Å². The number of carbonyl (C=O) groups is 1. The smallest absolute Gasteiger partial charge is 0.286 e. The number of hydrogen-bond donors (Lipinski definition) is 2. The number of hydrogen-bond acceptors (Lipinski definition) is 6. The van der Waals surface area contributed by atoms with E-state index in [1.807, 2.05) is 10.0 Å². The molecule has 0 radical (unpaired) electrons. The molecule has 1 saturated heterocycles. The molecule has 6 nitrogen and oxygen atoms in total. The number of amidine groups is 1. The van der Waals surface area contributed by atoms with Gasteiger partial charge in [-0.2, -0.15) is 4.99 Å². The van der Waals surface area contributed by atoms with Crippen molar-refractivity contribution in [3.63, 3.8) is 0 Å². The fourth-order valence-electron chi connectivity index (χ4n) is 2.67. The molecule has 1 fully saturated rings. The minimum atomic E-state index is -0.485. The zero-order valence-corrected chi connectivity index (χ0v) is 13.8. The van der Waals surface area contributed by atoms with Crippen molar-refractivity contribution >= 4 is 28.9 Å². The highest BCUT2D eigenvalue weighted by Gasteiger charge is 2.30. The van der Waals surface area contributed by atoms with E-state index in [4.69, 9.17) is 0 Å². The predicted molar refractivity (Wildman–Crippen MR) is 90.7 cm³/mol. The van der Waals surface area contributed by atoms with Gasteiger partial charge in [-0.25, -0.2) is 9.40 Å². The van der Waals surface area contributed by atoms with E-state index in [0.717, 1.165) is 32.0 Å². The summed E-state index contributed by atoms with van der Waals surface area (Å²) in [6.45, 7) is 2.05. The molecule has 0 bridgehead atoms. The maximum absolute atomic E-state index is 13.3. The van der Waals surface area contributed by atoms with Crippen LogP contribution in [-0.4, -0.2) is 57.5 Å². The fraction of sp³-hybridized carbons (Fsp3) is 0.375. The van der Waals surface area contributed by atoms with Crippen LogP contribution in [-0.2, 0) is 4.79 Å². The lowest BCUT2D eigenvalue weighted by Crippen LogP contribution is -2.50.